The van der Waals surface area contributed by atoms with Gasteiger partial charge in [-0.1, -0.05) is 17.7 Å². The smallest absolute Gasteiger partial charge is 0.415 e. The number of nitrogens with zero attached hydrogens (tertiary/aromatic N) is 2. The molecule has 7 heteroatoms. The van der Waals surface area contributed by atoms with Crippen molar-refractivity contribution in [3.8, 4) is 11.1 Å². The summed E-state index contributed by atoms with van der Waals surface area (Å²) in [5.74, 6) is -1.04. The molecule has 0 N–H and O–H groups in total. The minimum Gasteiger partial charge on any atom is -0.430 e. The van der Waals surface area contributed by atoms with E-state index in [4.69, 9.17) is 16.3 Å². The van der Waals surface area contributed by atoms with Crippen LogP contribution in [-0.2, 0) is 4.74 Å². The van der Waals surface area contributed by atoms with Crippen molar-refractivity contribution in [2.24, 2.45) is 0 Å². The Morgan fingerprint density at radius 3 is 2.69 bits per heavy atom. The van der Waals surface area contributed by atoms with Crippen molar-refractivity contribution in [2.45, 2.75) is 19.1 Å². The average molecular weight is 381 g/mol. The maximum absolute atomic E-state index is 13.8. The molecule has 2 aromatic carbocycles. The molecule has 1 atom stereocenters. The number of ether oxygens (including phenoxy) is 1. The Morgan fingerprint density at radius 2 is 2.04 bits per heavy atom. The van der Waals surface area contributed by atoms with Crippen LogP contribution in [0, 0.1) is 11.6 Å². The zero-order valence-electron chi connectivity index (χ0n) is 14.5. The molecule has 0 aromatic heterocycles. The Hall–Kier alpha value is -2.18. The molecule has 1 fully saturated rings. The van der Waals surface area contributed by atoms with E-state index in [1.54, 1.807) is 7.05 Å². The van der Waals surface area contributed by atoms with Crippen molar-refractivity contribution >= 4 is 23.4 Å². The molecular weight excluding hydrogens is 362 g/mol. The molecule has 1 amide bonds. The summed E-state index contributed by atoms with van der Waals surface area (Å²) in [6, 6.07) is 8.13. The van der Waals surface area contributed by atoms with E-state index in [-0.39, 0.29) is 11.3 Å². The number of benzene rings is 2. The summed E-state index contributed by atoms with van der Waals surface area (Å²) >= 11 is 5.85. The molecule has 1 aliphatic heterocycles. The number of hydrogen-bond donors (Lipinski definition) is 0. The van der Waals surface area contributed by atoms with Gasteiger partial charge in [0.15, 0.2) is 6.23 Å². The Labute approximate surface area is 155 Å². The topological polar surface area (TPSA) is 32.8 Å². The average Bonchev–Trinajstić information content (AvgIpc) is 3.01. The summed E-state index contributed by atoms with van der Waals surface area (Å²) in [4.78, 5) is 15.8. The molecule has 138 valence electrons. The van der Waals surface area contributed by atoms with Crippen LogP contribution in [0.1, 0.15) is 12.8 Å². The lowest BCUT2D eigenvalue weighted by Gasteiger charge is -2.25. The third kappa shape index (κ3) is 3.81. The second-order valence-corrected chi connectivity index (χ2v) is 6.72. The molecule has 2 aromatic rings. The fourth-order valence-electron chi connectivity index (χ4n) is 3.02. The van der Waals surface area contributed by atoms with Crippen molar-refractivity contribution in [3.63, 3.8) is 0 Å². The third-order valence-electron chi connectivity index (χ3n) is 4.51. The highest BCUT2D eigenvalue weighted by Gasteiger charge is 2.27. The number of halogens is 3. The van der Waals surface area contributed by atoms with Gasteiger partial charge in [0, 0.05) is 19.2 Å². The van der Waals surface area contributed by atoms with Gasteiger partial charge in [-0.2, -0.15) is 0 Å². The first kappa shape index (κ1) is 18.6. The van der Waals surface area contributed by atoms with Crippen LogP contribution in [0.2, 0.25) is 5.02 Å². The van der Waals surface area contributed by atoms with Gasteiger partial charge >= 0.3 is 6.09 Å². The van der Waals surface area contributed by atoms with E-state index in [9.17, 15) is 13.6 Å². The minimum absolute atomic E-state index is 0.0736. The Balaban J connectivity index is 1.91. The van der Waals surface area contributed by atoms with Crippen molar-refractivity contribution < 1.29 is 18.3 Å². The molecule has 1 aliphatic rings. The highest BCUT2D eigenvalue weighted by molar-refractivity contribution is 6.31. The van der Waals surface area contributed by atoms with E-state index in [1.807, 2.05) is 11.9 Å². The zero-order valence-corrected chi connectivity index (χ0v) is 15.3. The second kappa shape index (κ2) is 7.60. The summed E-state index contributed by atoms with van der Waals surface area (Å²) in [5.41, 5.74) is 1.37. The monoisotopic (exact) mass is 380 g/mol. The summed E-state index contributed by atoms with van der Waals surface area (Å²) in [5, 5.41) is -0.0736. The number of hydrogen-bond acceptors (Lipinski definition) is 3. The van der Waals surface area contributed by atoms with Gasteiger partial charge in [-0.15, -0.1) is 0 Å². The number of carbonyl (C=O) groups excluding carboxylic acids is 1. The fourth-order valence-corrected chi connectivity index (χ4v) is 3.20. The lowest BCUT2D eigenvalue weighted by molar-refractivity contribution is 0.0315. The first-order valence-corrected chi connectivity index (χ1v) is 8.64. The summed E-state index contributed by atoms with van der Waals surface area (Å²) < 4.78 is 32.8. The summed E-state index contributed by atoms with van der Waals surface area (Å²) in [6.45, 7) is 0.873. The van der Waals surface area contributed by atoms with Gasteiger partial charge in [0.25, 0.3) is 0 Å². The quantitative estimate of drug-likeness (QED) is 0.758. The zero-order chi connectivity index (χ0) is 18.8. The van der Waals surface area contributed by atoms with Crippen LogP contribution < -0.4 is 4.90 Å². The molecule has 0 radical (unpaired) electrons. The van der Waals surface area contributed by atoms with Gasteiger partial charge in [0.2, 0.25) is 0 Å². The summed E-state index contributed by atoms with van der Waals surface area (Å²) in [6.07, 6.45) is 0.937. The van der Waals surface area contributed by atoms with Crippen molar-refractivity contribution in [2.75, 3.05) is 25.5 Å². The molecular formula is C19H19ClF2N2O2. The predicted molar refractivity (Wildman–Crippen MR) is 97.3 cm³/mol. The molecule has 1 heterocycles. The lowest BCUT2D eigenvalue weighted by Crippen LogP contribution is -2.36. The number of anilines is 1. The standard InChI is InChI=1S/C19H19ClF2N2O2/c1-23-9-3-4-18(23)26-19(25)24(2)17-8-6-13(21)11-14(17)12-5-7-16(22)15(20)10-12/h5-8,10-11,18H,3-4,9H2,1-2H3/t18-/m0/s1. The van der Waals surface area contributed by atoms with E-state index in [0.717, 1.165) is 19.4 Å². The Bertz CT molecular complexity index is 831. The van der Waals surface area contributed by atoms with Crippen LogP contribution in [0.15, 0.2) is 36.4 Å². The molecule has 0 unspecified atom stereocenters. The van der Waals surface area contributed by atoms with Gasteiger partial charge in [0.05, 0.1) is 10.7 Å². The molecule has 0 aliphatic carbocycles. The molecule has 0 bridgehead atoms. The van der Waals surface area contributed by atoms with Gasteiger partial charge in [-0.25, -0.2) is 13.6 Å². The first-order valence-electron chi connectivity index (χ1n) is 8.26. The molecule has 4 nitrogen and oxygen atoms in total. The van der Waals surface area contributed by atoms with Gasteiger partial charge in [-0.05, 0) is 55.8 Å². The van der Waals surface area contributed by atoms with Crippen molar-refractivity contribution in [1.29, 1.82) is 0 Å². The maximum Gasteiger partial charge on any atom is 0.415 e. The van der Waals surface area contributed by atoms with Gasteiger partial charge in [0.1, 0.15) is 11.6 Å². The first-order chi connectivity index (χ1) is 12.4. The number of amides is 1. The van der Waals surface area contributed by atoms with E-state index in [2.05, 4.69) is 0 Å². The van der Waals surface area contributed by atoms with Crippen molar-refractivity contribution in [1.82, 2.24) is 4.90 Å². The highest BCUT2D eigenvalue weighted by atomic mass is 35.5. The second-order valence-electron chi connectivity index (χ2n) is 6.31. The normalized spacial score (nSPS) is 17.3. The number of carbonyl (C=O) groups is 1. The van der Waals surface area contributed by atoms with E-state index in [0.29, 0.717) is 16.8 Å². The van der Waals surface area contributed by atoms with Crippen LogP contribution in [0.3, 0.4) is 0 Å². The highest BCUT2D eigenvalue weighted by Crippen LogP contribution is 2.34. The van der Waals surface area contributed by atoms with Crippen LogP contribution in [0.4, 0.5) is 19.3 Å². The van der Waals surface area contributed by atoms with Crippen LogP contribution >= 0.6 is 11.6 Å². The van der Waals surface area contributed by atoms with E-state index in [1.165, 1.54) is 41.3 Å². The Kier molecular flexibility index (Phi) is 5.44. The SMILES string of the molecule is CN(C(=O)O[C@H]1CCCN1C)c1ccc(F)cc1-c1ccc(F)c(Cl)c1. The number of likely N-dealkylation sites (tertiary alicyclic amines) is 1. The molecule has 1 saturated heterocycles. The molecule has 0 spiro atoms. The molecule has 3 rings (SSSR count). The van der Waals surface area contributed by atoms with Gasteiger partial charge in [-0.3, -0.25) is 9.80 Å². The summed E-state index contributed by atoms with van der Waals surface area (Å²) in [7, 11) is 3.45. The number of rotatable bonds is 3. The van der Waals surface area contributed by atoms with Crippen molar-refractivity contribution in [3.05, 3.63) is 53.1 Å². The van der Waals surface area contributed by atoms with E-state index >= 15 is 0 Å². The fraction of sp³-hybridized carbons (Fsp3) is 0.316. The maximum atomic E-state index is 13.8. The molecule has 26 heavy (non-hydrogen) atoms. The van der Waals surface area contributed by atoms with Crippen LogP contribution in [0.25, 0.3) is 11.1 Å². The van der Waals surface area contributed by atoms with Crippen LogP contribution in [-0.4, -0.2) is 37.9 Å². The predicted octanol–water partition coefficient (Wildman–Crippen LogP) is 4.91. The third-order valence-corrected chi connectivity index (χ3v) is 4.80. The van der Waals surface area contributed by atoms with Gasteiger partial charge < -0.3 is 4.74 Å². The lowest BCUT2D eigenvalue weighted by atomic mass is 10.0. The van der Waals surface area contributed by atoms with Crippen LogP contribution in [0.5, 0.6) is 0 Å². The van der Waals surface area contributed by atoms with E-state index < -0.39 is 17.7 Å². The Morgan fingerprint density at radius 1 is 1.27 bits per heavy atom. The minimum atomic E-state index is -0.564. The molecule has 0 saturated carbocycles. The largest absolute Gasteiger partial charge is 0.430 e.